The van der Waals surface area contributed by atoms with Crippen LogP contribution in [0.15, 0.2) is 48.9 Å². The quantitative estimate of drug-likeness (QED) is 0.787. The summed E-state index contributed by atoms with van der Waals surface area (Å²) in [5, 5.41) is 18.5. The van der Waals surface area contributed by atoms with Crippen LogP contribution >= 0.6 is 0 Å². The molecule has 0 aliphatic rings. The fourth-order valence-electron chi connectivity index (χ4n) is 2.39. The number of aliphatic hydroxyl groups excluding tert-OH is 1. The zero-order valence-electron chi connectivity index (χ0n) is 12.8. The Morgan fingerprint density at radius 3 is 2.73 bits per heavy atom. The first kappa shape index (κ1) is 14.5. The largest absolute Gasteiger partial charge is 0.391 e. The molecule has 5 heteroatoms. The third-order valence-electron chi connectivity index (χ3n) is 3.71. The average Bonchev–Trinajstić information content (AvgIpc) is 3.16. The summed E-state index contributed by atoms with van der Waals surface area (Å²) < 4.78 is 3.59. The molecule has 0 saturated heterocycles. The van der Waals surface area contributed by atoms with E-state index in [1.165, 1.54) is 0 Å². The van der Waals surface area contributed by atoms with Gasteiger partial charge < -0.3 is 5.11 Å². The van der Waals surface area contributed by atoms with Gasteiger partial charge >= 0.3 is 0 Å². The van der Waals surface area contributed by atoms with Crippen molar-refractivity contribution in [3.05, 3.63) is 48.9 Å². The number of aromatic nitrogens is 4. The number of nitrogens with zero attached hydrogens (tertiary/aromatic N) is 4. The van der Waals surface area contributed by atoms with Crippen LogP contribution in [0, 0.1) is 0 Å². The molecule has 2 heterocycles. The SMILES string of the molecule is CCC(O)Cn1ccc(-c2cccc(-c3cnn(C)c3)c2)n1. The lowest BCUT2D eigenvalue weighted by Gasteiger charge is -2.07. The summed E-state index contributed by atoms with van der Waals surface area (Å²) in [5.74, 6) is 0. The summed E-state index contributed by atoms with van der Waals surface area (Å²) in [6.45, 7) is 2.49. The van der Waals surface area contributed by atoms with Crippen molar-refractivity contribution in [3.8, 4) is 22.4 Å². The van der Waals surface area contributed by atoms with Crippen LogP contribution in [-0.4, -0.2) is 30.8 Å². The predicted molar refractivity (Wildman–Crippen MR) is 86.2 cm³/mol. The van der Waals surface area contributed by atoms with Crippen LogP contribution in [0.1, 0.15) is 13.3 Å². The van der Waals surface area contributed by atoms with Gasteiger partial charge in [0, 0.05) is 30.6 Å². The van der Waals surface area contributed by atoms with Crippen molar-refractivity contribution in [2.24, 2.45) is 7.05 Å². The first-order valence-corrected chi connectivity index (χ1v) is 7.46. The summed E-state index contributed by atoms with van der Waals surface area (Å²) in [7, 11) is 1.91. The summed E-state index contributed by atoms with van der Waals surface area (Å²) in [6, 6.07) is 10.2. The predicted octanol–water partition coefficient (Wildman–Crippen LogP) is 2.72. The third kappa shape index (κ3) is 3.09. The maximum Gasteiger partial charge on any atom is 0.0923 e. The molecule has 22 heavy (non-hydrogen) atoms. The number of hydrogen-bond donors (Lipinski definition) is 1. The van der Waals surface area contributed by atoms with Gasteiger partial charge in [0.15, 0.2) is 0 Å². The van der Waals surface area contributed by atoms with E-state index in [1.54, 1.807) is 9.36 Å². The minimum atomic E-state index is -0.352. The average molecular weight is 296 g/mol. The molecule has 0 spiro atoms. The van der Waals surface area contributed by atoms with E-state index in [0.29, 0.717) is 6.54 Å². The van der Waals surface area contributed by atoms with Crippen molar-refractivity contribution in [2.75, 3.05) is 0 Å². The summed E-state index contributed by atoms with van der Waals surface area (Å²) in [4.78, 5) is 0. The standard InChI is InChI=1S/C17H20N4O/c1-3-16(22)12-21-8-7-17(19-21)14-6-4-5-13(9-14)15-10-18-20(2)11-15/h4-11,16,22H,3,12H2,1-2H3. The molecular formula is C17H20N4O. The monoisotopic (exact) mass is 296 g/mol. The van der Waals surface area contributed by atoms with E-state index in [0.717, 1.165) is 28.8 Å². The van der Waals surface area contributed by atoms with Crippen LogP contribution in [0.2, 0.25) is 0 Å². The fraction of sp³-hybridized carbons (Fsp3) is 0.294. The van der Waals surface area contributed by atoms with E-state index in [4.69, 9.17) is 0 Å². The van der Waals surface area contributed by atoms with Crippen molar-refractivity contribution >= 4 is 0 Å². The molecule has 1 N–H and O–H groups in total. The first-order valence-electron chi connectivity index (χ1n) is 7.46. The van der Waals surface area contributed by atoms with Gasteiger partial charge in [0.1, 0.15) is 0 Å². The highest BCUT2D eigenvalue weighted by Crippen LogP contribution is 2.25. The van der Waals surface area contributed by atoms with Crippen molar-refractivity contribution in [1.29, 1.82) is 0 Å². The van der Waals surface area contributed by atoms with E-state index < -0.39 is 0 Å². The Morgan fingerprint density at radius 2 is 2.00 bits per heavy atom. The lowest BCUT2D eigenvalue weighted by molar-refractivity contribution is 0.145. The zero-order chi connectivity index (χ0) is 15.5. The lowest BCUT2D eigenvalue weighted by atomic mass is 10.0. The molecule has 1 unspecified atom stereocenters. The Hall–Kier alpha value is -2.40. The number of benzene rings is 1. The highest BCUT2D eigenvalue weighted by atomic mass is 16.3. The molecule has 114 valence electrons. The van der Waals surface area contributed by atoms with Gasteiger partial charge in [-0.15, -0.1) is 0 Å². The molecule has 0 aliphatic carbocycles. The van der Waals surface area contributed by atoms with Crippen LogP contribution in [0.5, 0.6) is 0 Å². The van der Waals surface area contributed by atoms with Crippen molar-refractivity contribution < 1.29 is 5.11 Å². The third-order valence-corrected chi connectivity index (χ3v) is 3.71. The van der Waals surface area contributed by atoms with Crippen molar-refractivity contribution in [2.45, 2.75) is 26.0 Å². The van der Waals surface area contributed by atoms with Gasteiger partial charge in [0.2, 0.25) is 0 Å². The van der Waals surface area contributed by atoms with Crippen molar-refractivity contribution in [3.63, 3.8) is 0 Å². The molecule has 3 aromatic rings. The van der Waals surface area contributed by atoms with E-state index in [9.17, 15) is 5.11 Å². The smallest absolute Gasteiger partial charge is 0.0923 e. The molecule has 0 saturated carbocycles. The topological polar surface area (TPSA) is 55.9 Å². The minimum absolute atomic E-state index is 0.352. The maximum absolute atomic E-state index is 9.72. The Labute approximate surface area is 129 Å². The van der Waals surface area contributed by atoms with Gasteiger partial charge in [0.25, 0.3) is 0 Å². The molecule has 1 atom stereocenters. The lowest BCUT2D eigenvalue weighted by Crippen LogP contribution is -2.14. The van der Waals surface area contributed by atoms with E-state index in [1.807, 2.05) is 50.8 Å². The Balaban J connectivity index is 1.86. The maximum atomic E-state index is 9.72. The highest BCUT2D eigenvalue weighted by molar-refractivity contribution is 5.70. The number of aliphatic hydroxyl groups is 1. The molecule has 2 aromatic heterocycles. The Bertz CT molecular complexity index is 759. The molecule has 3 rings (SSSR count). The summed E-state index contributed by atoms with van der Waals surface area (Å²) in [5.41, 5.74) is 4.18. The molecular weight excluding hydrogens is 276 g/mol. The normalized spacial score (nSPS) is 12.5. The number of rotatable bonds is 5. The van der Waals surface area contributed by atoms with Crippen LogP contribution in [-0.2, 0) is 13.6 Å². The zero-order valence-corrected chi connectivity index (χ0v) is 12.8. The van der Waals surface area contributed by atoms with Gasteiger partial charge in [-0.3, -0.25) is 9.36 Å². The Kier molecular flexibility index (Phi) is 4.06. The highest BCUT2D eigenvalue weighted by Gasteiger charge is 2.08. The molecule has 0 aliphatic heterocycles. The van der Waals surface area contributed by atoms with Crippen LogP contribution < -0.4 is 0 Å². The van der Waals surface area contributed by atoms with Crippen LogP contribution in [0.4, 0.5) is 0 Å². The summed E-state index contributed by atoms with van der Waals surface area (Å²) in [6.07, 6.45) is 6.14. The van der Waals surface area contributed by atoms with Crippen LogP contribution in [0.25, 0.3) is 22.4 Å². The first-order chi connectivity index (χ1) is 10.7. The van der Waals surface area contributed by atoms with Crippen LogP contribution in [0.3, 0.4) is 0 Å². The van der Waals surface area contributed by atoms with Gasteiger partial charge in [-0.25, -0.2) is 0 Å². The number of aryl methyl sites for hydroxylation is 1. The molecule has 0 bridgehead atoms. The van der Waals surface area contributed by atoms with Gasteiger partial charge in [0.05, 0.1) is 24.5 Å². The minimum Gasteiger partial charge on any atom is -0.391 e. The molecule has 0 radical (unpaired) electrons. The van der Waals surface area contributed by atoms with Gasteiger partial charge in [-0.2, -0.15) is 10.2 Å². The second-order valence-electron chi connectivity index (χ2n) is 5.47. The molecule has 5 nitrogen and oxygen atoms in total. The van der Waals surface area contributed by atoms with E-state index in [2.05, 4.69) is 22.3 Å². The second kappa shape index (κ2) is 6.15. The molecule has 0 fully saturated rings. The summed E-state index contributed by atoms with van der Waals surface area (Å²) >= 11 is 0. The van der Waals surface area contributed by atoms with Gasteiger partial charge in [-0.1, -0.05) is 25.1 Å². The molecule has 0 amide bonds. The van der Waals surface area contributed by atoms with E-state index in [-0.39, 0.29) is 6.10 Å². The number of hydrogen-bond acceptors (Lipinski definition) is 3. The Morgan fingerprint density at radius 1 is 1.18 bits per heavy atom. The van der Waals surface area contributed by atoms with Gasteiger partial charge in [-0.05, 0) is 24.1 Å². The fourth-order valence-corrected chi connectivity index (χ4v) is 2.39. The molecule has 1 aromatic carbocycles. The van der Waals surface area contributed by atoms with Crippen molar-refractivity contribution in [1.82, 2.24) is 19.6 Å². The second-order valence-corrected chi connectivity index (χ2v) is 5.47. The van der Waals surface area contributed by atoms with E-state index >= 15 is 0 Å².